The molecule has 1 atom stereocenters. The van der Waals surface area contributed by atoms with E-state index in [0.717, 1.165) is 11.3 Å². The monoisotopic (exact) mass is 532 g/mol. The summed E-state index contributed by atoms with van der Waals surface area (Å²) in [5, 5.41) is 10.7. The second kappa shape index (κ2) is 9.07. The largest absolute Gasteiger partial charge is 0.506 e. The smallest absolute Gasteiger partial charge is 0.338 e. The maximum atomic E-state index is 13.3. The van der Waals surface area contributed by atoms with Gasteiger partial charge in [-0.25, -0.2) is 9.79 Å². The van der Waals surface area contributed by atoms with Crippen molar-refractivity contribution in [3.05, 3.63) is 76.8 Å². The number of carbonyl (C=O) groups excluding carboxylic acids is 1. The lowest BCUT2D eigenvalue weighted by Crippen LogP contribution is -2.35. The zero-order valence-electron chi connectivity index (χ0n) is 18.5. The highest BCUT2D eigenvalue weighted by Crippen LogP contribution is 2.39. The Morgan fingerprint density at radius 2 is 2.06 bits per heavy atom. The zero-order chi connectivity index (χ0) is 24.9. The van der Waals surface area contributed by atoms with Crippen molar-refractivity contribution in [2.45, 2.75) is 19.9 Å². The molecule has 180 valence electrons. The SMILES string of the molecule is CCOC(=O)C1=C(C)n2c(s/c(=C\c3cc(Cl)cc(Cl)c3O)c2=O)=N[C@H]1c1ccc2c(c1)OCO2. The number of ether oxygens (including phenoxy) is 3. The number of hydrogen-bond acceptors (Lipinski definition) is 8. The number of halogens is 2. The van der Waals surface area contributed by atoms with Crippen molar-refractivity contribution >= 4 is 52.3 Å². The van der Waals surface area contributed by atoms with E-state index >= 15 is 0 Å². The van der Waals surface area contributed by atoms with Gasteiger partial charge in [0.1, 0.15) is 11.8 Å². The summed E-state index contributed by atoms with van der Waals surface area (Å²) in [5.41, 5.74) is 1.24. The van der Waals surface area contributed by atoms with Crippen molar-refractivity contribution < 1.29 is 24.1 Å². The molecule has 5 rings (SSSR count). The van der Waals surface area contributed by atoms with Gasteiger partial charge >= 0.3 is 5.97 Å². The van der Waals surface area contributed by atoms with E-state index in [1.807, 2.05) is 0 Å². The minimum atomic E-state index is -0.719. The minimum absolute atomic E-state index is 0.0680. The topological polar surface area (TPSA) is 99.4 Å². The van der Waals surface area contributed by atoms with Crippen LogP contribution in [0.1, 0.15) is 31.0 Å². The maximum Gasteiger partial charge on any atom is 0.338 e. The molecule has 0 bridgehead atoms. The van der Waals surface area contributed by atoms with Crippen LogP contribution in [-0.2, 0) is 9.53 Å². The van der Waals surface area contributed by atoms with Gasteiger partial charge in [-0.1, -0.05) is 40.6 Å². The highest BCUT2D eigenvalue weighted by Gasteiger charge is 2.32. The molecule has 0 spiro atoms. The molecule has 3 aromatic rings. The average Bonchev–Trinajstić information content (AvgIpc) is 3.41. The van der Waals surface area contributed by atoms with Gasteiger partial charge in [-0.2, -0.15) is 0 Å². The van der Waals surface area contributed by atoms with Crippen LogP contribution in [0.15, 0.2) is 45.7 Å². The van der Waals surface area contributed by atoms with Gasteiger partial charge in [-0.15, -0.1) is 0 Å². The van der Waals surface area contributed by atoms with E-state index in [1.165, 1.54) is 22.8 Å². The lowest BCUT2D eigenvalue weighted by molar-refractivity contribution is -0.138. The number of allylic oxidation sites excluding steroid dienone is 1. The summed E-state index contributed by atoms with van der Waals surface area (Å²) in [4.78, 5) is 31.5. The summed E-state index contributed by atoms with van der Waals surface area (Å²) in [7, 11) is 0. The number of hydrogen-bond donors (Lipinski definition) is 1. The Morgan fingerprint density at radius 1 is 1.29 bits per heavy atom. The minimum Gasteiger partial charge on any atom is -0.506 e. The van der Waals surface area contributed by atoms with E-state index in [4.69, 9.17) is 42.4 Å². The van der Waals surface area contributed by atoms with Crippen molar-refractivity contribution in [3.63, 3.8) is 0 Å². The Kier molecular flexibility index (Phi) is 6.08. The Morgan fingerprint density at radius 3 is 2.83 bits per heavy atom. The highest BCUT2D eigenvalue weighted by molar-refractivity contribution is 7.07. The Balaban J connectivity index is 1.73. The van der Waals surface area contributed by atoms with Crippen LogP contribution in [0.4, 0.5) is 0 Å². The molecule has 0 saturated carbocycles. The fraction of sp³-hybridized carbons (Fsp3) is 0.208. The molecule has 2 aliphatic rings. The zero-order valence-corrected chi connectivity index (χ0v) is 20.8. The number of phenols is 1. The Bertz CT molecular complexity index is 1590. The number of fused-ring (bicyclic) bond motifs is 2. The van der Waals surface area contributed by atoms with Crippen molar-refractivity contribution in [1.82, 2.24) is 4.57 Å². The van der Waals surface area contributed by atoms with E-state index < -0.39 is 17.6 Å². The molecule has 2 aromatic carbocycles. The van der Waals surface area contributed by atoms with Gasteiger partial charge in [0.15, 0.2) is 16.3 Å². The number of phenolic OH excluding ortho intramolecular Hbond substituents is 1. The molecular weight excluding hydrogens is 515 g/mol. The first-order valence-corrected chi connectivity index (χ1v) is 12.1. The predicted molar refractivity (Wildman–Crippen MR) is 132 cm³/mol. The van der Waals surface area contributed by atoms with Crippen molar-refractivity contribution in [1.29, 1.82) is 0 Å². The third kappa shape index (κ3) is 4.09. The summed E-state index contributed by atoms with van der Waals surface area (Å²) in [5.74, 6) is 0.398. The normalized spacial score (nSPS) is 16.8. The lowest BCUT2D eigenvalue weighted by Gasteiger charge is -2.22. The van der Waals surface area contributed by atoms with Gasteiger partial charge in [-0.05, 0) is 49.8 Å². The van der Waals surface area contributed by atoms with Gasteiger partial charge in [0.25, 0.3) is 5.56 Å². The molecule has 0 unspecified atom stereocenters. The molecule has 0 fully saturated rings. The summed E-state index contributed by atoms with van der Waals surface area (Å²) < 4.78 is 17.8. The molecule has 11 heteroatoms. The average molecular weight is 533 g/mol. The number of nitrogens with zero attached hydrogens (tertiary/aromatic N) is 2. The first kappa shape index (κ1) is 23.5. The fourth-order valence-corrected chi connectivity index (χ4v) is 5.52. The van der Waals surface area contributed by atoms with Crippen LogP contribution in [0.5, 0.6) is 17.2 Å². The number of aromatic hydroxyl groups is 1. The standard InChI is InChI=1S/C24H18Cl2N2O6S/c1-3-32-23(31)19-11(2)28-22(30)18(8-13-6-14(25)9-15(26)21(13)29)35-24(28)27-20(19)12-4-5-16-17(7-12)34-10-33-16/h4-9,20,29H,3,10H2,1-2H3/b18-8-/t20-/m0/s1. The van der Waals surface area contributed by atoms with Crippen LogP contribution in [0.25, 0.3) is 11.8 Å². The number of thiazole rings is 1. The van der Waals surface area contributed by atoms with Crippen LogP contribution < -0.4 is 24.4 Å². The van der Waals surface area contributed by atoms with Crippen LogP contribution in [-0.4, -0.2) is 29.0 Å². The summed E-state index contributed by atoms with van der Waals surface area (Å²) >= 11 is 13.2. The van der Waals surface area contributed by atoms with Crippen molar-refractivity contribution in [2.24, 2.45) is 4.99 Å². The molecule has 0 aliphatic carbocycles. The van der Waals surface area contributed by atoms with Crippen LogP contribution in [0.3, 0.4) is 0 Å². The molecule has 1 aromatic heterocycles. The number of carbonyl (C=O) groups is 1. The van der Waals surface area contributed by atoms with Gasteiger partial charge in [0, 0.05) is 16.3 Å². The van der Waals surface area contributed by atoms with Crippen molar-refractivity contribution in [2.75, 3.05) is 13.4 Å². The third-order valence-corrected chi connectivity index (χ3v) is 7.09. The van der Waals surface area contributed by atoms with Gasteiger partial charge in [0.2, 0.25) is 6.79 Å². The molecule has 35 heavy (non-hydrogen) atoms. The number of benzene rings is 2. The van der Waals surface area contributed by atoms with Gasteiger partial charge in [0.05, 0.1) is 21.7 Å². The molecule has 0 amide bonds. The summed E-state index contributed by atoms with van der Waals surface area (Å²) in [6, 6.07) is 7.52. The molecule has 0 saturated heterocycles. The van der Waals surface area contributed by atoms with Crippen LogP contribution in [0, 0.1) is 0 Å². The summed E-state index contributed by atoms with van der Waals surface area (Å²) in [6.07, 6.45) is 1.49. The molecule has 3 heterocycles. The van der Waals surface area contributed by atoms with Gasteiger partial charge in [-0.3, -0.25) is 9.36 Å². The molecule has 8 nitrogen and oxygen atoms in total. The summed E-state index contributed by atoms with van der Waals surface area (Å²) in [6.45, 7) is 3.67. The number of esters is 1. The van der Waals surface area contributed by atoms with E-state index in [1.54, 1.807) is 32.0 Å². The Labute approximate surface area is 212 Å². The maximum absolute atomic E-state index is 13.3. The quantitative estimate of drug-likeness (QED) is 0.515. The highest BCUT2D eigenvalue weighted by atomic mass is 35.5. The van der Waals surface area contributed by atoms with E-state index in [9.17, 15) is 14.7 Å². The Hall–Kier alpha value is -3.27. The van der Waals surface area contributed by atoms with Crippen LogP contribution >= 0.6 is 34.5 Å². The number of aromatic nitrogens is 1. The molecule has 2 aliphatic heterocycles. The molecular formula is C24H18Cl2N2O6S. The number of rotatable bonds is 4. The molecule has 0 radical (unpaired) electrons. The van der Waals surface area contributed by atoms with E-state index in [-0.39, 0.29) is 34.3 Å². The first-order chi connectivity index (χ1) is 16.8. The predicted octanol–water partition coefficient (Wildman–Crippen LogP) is 3.65. The van der Waals surface area contributed by atoms with Gasteiger partial charge < -0.3 is 19.3 Å². The van der Waals surface area contributed by atoms with Crippen LogP contribution in [0.2, 0.25) is 10.0 Å². The third-order valence-electron chi connectivity index (χ3n) is 5.60. The second-order valence-electron chi connectivity index (χ2n) is 7.72. The lowest BCUT2D eigenvalue weighted by atomic mass is 9.96. The molecule has 1 N–H and O–H groups in total. The van der Waals surface area contributed by atoms with Crippen molar-refractivity contribution in [3.8, 4) is 17.2 Å². The second-order valence-corrected chi connectivity index (χ2v) is 9.58. The first-order valence-electron chi connectivity index (χ1n) is 10.6. The van der Waals surface area contributed by atoms with E-state index in [2.05, 4.69) is 0 Å². The fourth-order valence-electron chi connectivity index (χ4n) is 3.98. The van der Waals surface area contributed by atoms with E-state index in [0.29, 0.717) is 38.1 Å².